The smallest absolute Gasteiger partial charge is 0.249 e. The van der Waals surface area contributed by atoms with Crippen molar-refractivity contribution >= 4 is 5.91 Å². The fraction of sp³-hybridized carbons (Fsp3) is 0.851. The molecule has 0 aliphatic heterocycles. The molecule has 5 heteroatoms. The number of hydrogen-bond donors (Lipinski definition) is 4. The van der Waals surface area contributed by atoms with Crippen molar-refractivity contribution in [2.75, 3.05) is 6.61 Å². The van der Waals surface area contributed by atoms with Gasteiger partial charge in [-0.25, -0.2) is 0 Å². The van der Waals surface area contributed by atoms with E-state index >= 15 is 0 Å². The van der Waals surface area contributed by atoms with Crippen LogP contribution >= 0.6 is 0 Å². The van der Waals surface area contributed by atoms with Crippen LogP contribution in [0.3, 0.4) is 0 Å². The summed E-state index contributed by atoms with van der Waals surface area (Å²) >= 11 is 0. The zero-order valence-corrected chi connectivity index (χ0v) is 34.7. The third kappa shape index (κ3) is 36.9. The Labute approximate surface area is 324 Å². The molecule has 3 unspecified atom stereocenters. The van der Waals surface area contributed by atoms with Gasteiger partial charge in [-0.05, 0) is 57.8 Å². The summed E-state index contributed by atoms with van der Waals surface area (Å²) in [6.07, 6.45) is 53.3. The van der Waals surface area contributed by atoms with Gasteiger partial charge in [-0.3, -0.25) is 4.79 Å². The standard InChI is InChI=1S/C47H89NO4/c1-3-5-7-9-11-13-15-17-18-19-20-21-22-23-24-25-26-27-28-30-32-34-36-38-40-42-46(51)47(52)48-44(43-49)45(50)41-39-37-35-33-31-29-16-14-12-10-8-6-4-2/h23-24,31,33,39,41,44-46,49-51H,3-22,25-30,32,34-38,40,42-43H2,1-2H3,(H,48,52)/b24-23-,33-31+,41-39+. The summed E-state index contributed by atoms with van der Waals surface area (Å²) in [6, 6.07) is -0.814. The van der Waals surface area contributed by atoms with E-state index in [9.17, 15) is 20.1 Å². The van der Waals surface area contributed by atoms with Crippen LogP contribution in [-0.4, -0.2) is 46.1 Å². The van der Waals surface area contributed by atoms with E-state index in [2.05, 4.69) is 43.5 Å². The second kappa shape index (κ2) is 42.3. The minimum Gasteiger partial charge on any atom is -0.394 e. The highest BCUT2D eigenvalue weighted by Crippen LogP contribution is 2.15. The van der Waals surface area contributed by atoms with Gasteiger partial charge >= 0.3 is 0 Å². The number of amides is 1. The van der Waals surface area contributed by atoms with E-state index in [4.69, 9.17) is 0 Å². The number of nitrogens with one attached hydrogen (secondary N) is 1. The summed E-state index contributed by atoms with van der Waals surface area (Å²) in [6.45, 7) is 4.16. The van der Waals surface area contributed by atoms with E-state index < -0.39 is 24.2 Å². The van der Waals surface area contributed by atoms with E-state index in [1.54, 1.807) is 6.08 Å². The Kier molecular flexibility index (Phi) is 41.1. The lowest BCUT2D eigenvalue weighted by Crippen LogP contribution is -2.48. The molecule has 0 spiro atoms. The average Bonchev–Trinajstić information content (AvgIpc) is 3.15. The Morgan fingerprint density at radius 1 is 0.462 bits per heavy atom. The maximum absolute atomic E-state index is 12.5. The number of unbranched alkanes of at least 4 members (excludes halogenated alkanes) is 29. The van der Waals surface area contributed by atoms with Crippen molar-refractivity contribution in [2.45, 2.75) is 250 Å². The van der Waals surface area contributed by atoms with Gasteiger partial charge in [-0.1, -0.05) is 211 Å². The van der Waals surface area contributed by atoms with E-state index in [1.165, 1.54) is 173 Å². The van der Waals surface area contributed by atoms with Crippen LogP contribution in [0, 0.1) is 0 Å². The van der Waals surface area contributed by atoms with Gasteiger partial charge in [-0.2, -0.15) is 0 Å². The number of allylic oxidation sites excluding steroid dienone is 5. The van der Waals surface area contributed by atoms with Crippen molar-refractivity contribution in [3.63, 3.8) is 0 Å². The Balaban J connectivity index is 3.64. The summed E-state index contributed by atoms with van der Waals surface area (Å²) in [5, 5.41) is 33.1. The summed E-state index contributed by atoms with van der Waals surface area (Å²) in [4.78, 5) is 12.5. The molecule has 0 rings (SSSR count). The molecule has 0 fully saturated rings. The second-order valence-electron chi connectivity index (χ2n) is 15.6. The van der Waals surface area contributed by atoms with Crippen LogP contribution in [0.5, 0.6) is 0 Å². The Hall–Kier alpha value is -1.43. The van der Waals surface area contributed by atoms with Crippen LogP contribution in [0.4, 0.5) is 0 Å². The summed E-state index contributed by atoms with van der Waals surface area (Å²) in [7, 11) is 0. The van der Waals surface area contributed by atoms with Gasteiger partial charge in [0, 0.05) is 0 Å². The monoisotopic (exact) mass is 732 g/mol. The molecule has 52 heavy (non-hydrogen) atoms. The Bertz CT molecular complexity index is 809. The van der Waals surface area contributed by atoms with Gasteiger partial charge in [0.15, 0.2) is 0 Å². The molecule has 4 N–H and O–H groups in total. The topological polar surface area (TPSA) is 89.8 Å². The second-order valence-corrected chi connectivity index (χ2v) is 15.6. The first kappa shape index (κ1) is 50.6. The highest BCUT2D eigenvalue weighted by Gasteiger charge is 2.22. The number of carbonyl (C=O) groups is 1. The Morgan fingerprint density at radius 3 is 1.17 bits per heavy atom. The number of aliphatic hydroxyl groups excluding tert-OH is 3. The van der Waals surface area contributed by atoms with Crippen LogP contribution in [0.2, 0.25) is 0 Å². The third-order valence-corrected chi connectivity index (χ3v) is 10.5. The van der Waals surface area contributed by atoms with Crippen molar-refractivity contribution in [3.8, 4) is 0 Å². The van der Waals surface area contributed by atoms with Crippen LogP contribution in [0.15, 0.2) is 36.5 Å². The maximum Gasteiger partial charge on any atom is 0.249 e. The highest BCUT2D eigenvalue weighted by atomic mass is 16.3. The minimum atomic E-state index is -1.11. The fourth-order valence-electron chi connectivity index (χ4n) is 6.84. The molecule has 0 saturated carbocycles. The number of hydrogen-bond acceptors (Lipinski definition) is 4. The molecule has 0 saturated heterocycles. The molecule has 0 aromatic heterocycles. The van der Waals surface area contributed by atoms with Crippen molar-refractivity contribution in [3.05, 3.63) is 36.5 Å². The molecular weight excluding hydrogens is 643 g/mol. The summed E-state index contributed by atoms with van der Waals surface area (Å²) in [5.41, 5.74) is 0. The number of rotatable bonds is 41. The van der Waals surface area contributed by atoms with Gasteiger partial charge in [0.25, 0.3) is 0 Å². The lowest BCUT2D eigenvalue weighted by atomic mass is 10.0. The maximum atomic E-state index is 12.5. The zero-order valence-electron chi connectivity index (χ0n) is 34.7. The first-order valence-electron chi connectivity index (χ1n) is 22.8. The van der Waals surface area contributed by atoms with Gasteiger partial charge in [0.05, 0.1) is 18.8 Å². The van der Waals surface area contributed by atoms with Crippen LogP contribution in [0.25, 0.3) is 0 Å². The quantitative estimate of drug-likeness (QED) is 0.0372. The molecule has 5 nitrogen and oxygen atoms in total. The van der Waals surface area contributed by atoms with Crippen LogP contribution in [-0.2, 0) is 4.79 Å². The summed E-state index contributed by atoms with van der Waals surface area (Å²) < 4.78 is 0. The SMILES string of the molecule is CCCCCCCCC/C=C/CC/C=C/C(O)C(CO)NC(=O)C(O)CCCCCCCCCCC/C=C\CCCCCCCCCCCCCC. The molecular formula is C47H89NO4. The van der Waals surface area contributed by atoms with Gasteiger partial charge in [0.1, 0.15) is 6.10 Å². The van der Waals surface area contributed by atoms with E-state index in [-0.39, 0.29) is 6.61 Å². The lowest BCUT2D eigenvalue weighted by molar-refractivity contribution is -0.131. The highest BCUT2D eigenvalue weighted by molar-refractivity contribution is 5.80. The first-order valence-corrected chi connectivity index (χ1v) is 22.8. The molecule has 0 radical (unpaired) electrons. The lowest BCUT2D eigenvalue weighted by Gasteiger charge is -2.21. The fourth-order valence-corrected chi connectivity index (χ4v) is 6.84. The third-order valence-electron chi connectivity index (χ3n) is 10.5. The predicted molar refractivity (Wildman–Crippen MR) is 227 cm³/mol. The molecule has 0 heterocycles. The molecule has 1 amide bonds. The van der Waals surface area contributed by atoms with E-state index in [0.717, 1.165) is 38.5 Å². The van der Waals surface area contributed by atoms with Crippen molar-refractivity contribution in [1.82, 2.24) is 5.32 Å². The van der Waals surface area contributed by atoms with Crippen LogP contribution < -0.4 is 5.32 Å². The first-order chi connectivity index (χ1) is 25.6. The van der Waals surface area contributed by atoms with Gasteiger partial charge in [0.2, 0.25) is 5.91 Å². The predicted octanol–water partition coefficient (Wildman–Crippen LogP) is 13.2. The molecule has 0 aliphatic carbocycles. The molecule has 0 aliphatic rings. The zero-order chi connectivity index (χ0) is 38.0. The van der Waals surface area contributed by atoms with E-state index in [1.807, 2.05) is 6.08 Å². The molecule has 3 atom stereocenters. The Morgan fingerprint density at radius 2 is 0.788 bits per heavy atom. The molecule has 0 aromatic carbocycles. The normalized spacial score (nSPS) is 13.9. The largest absolute Gasteiger partial charge is 0.394 e. The molecule has 0 bridgehead atoms. The number of carbonyl (C=O) groups excluding carboxylic acids is 1. The van der Waals surface area contributed by atoms with Crippen molar-refractivity contribution in [2.24, 2.45) is 0 Å². The van der Waals surface area contributed by atoms with Crippen LogP contribution in [0.1, 0.15) is 232 Å². The minimum absolute atomic E-state index is 0.376. The molecule has 306 valence electrons. The average molecular weight is 732 g/mol. The number of aliphatic hydroxyl groups is 3. The van der Waals surface area contributed by atoms with Gasteiger partial charge < -0.3 is 20.6 Å². The van der Waals surface area contributed by atoms with Crippen molar-refractivity contribution in [1.29, 1.82) is 0 Å². The molecule has 0 aromatic rings. The van der Waals surface area contributed by atoms with E-state index in [0.29, 0.717) is 6.42 Å². The van der Waals surface area contributed by atoms with Gasteiger partial charge in [-0.15, -0.1) is 0 Å². The summed E-state index contributed by atoms with van der Waals surface area (Å²) in [5.74, 6) is -0.515. The van der Waals surface area contributed by atoms with Crippen molar-refractivity contribution < 1.29 is 20.1 Å².